The molecular formula is C16H26N2O2S. The molecule has 0 saturated carbocycles. The van der Waals surface area contributed by atoms with Gasteiger partial charge in [-0.15, -0.1) is 0 Å². The molecule has 1 aliphatic rings. The van der Waals surface area contributed by atoms with Crippen molar-refractivity contribution in [1.29, 1.82) is 0 Å². The van der Waals surface area contributed by atoms with Gasteiger partial charge < -0.3 is 0 Å². The minimum absolute atomic E-state index is 0.225. The molecule has 2 atom stereocenters. The van der Waals surface area contributed by atoms with E-state index in [1.54, 1.807) is 4.31 Å². The quantitative estimate of drug-likeness (QED) is 0.878. The van der Waals surface area contributed by atoms with Gasteiger partial charge in [-0.2, -0.15) is 12.7 Å². The molecule has 4 nitrogen and oxygen atoms in total. The molecule has 0 aliphatic carbocycles. The standard InChI is InChI=1S/C16H26N2O2S/c1-3-15(16-9-5-4-6-10-16)12-17-21(19,20)18-11-7-8-14(2)13-18/h4-6,9-10,14-15,17H,3,7-8,11-13H2,1-2H3/t14-,15+/m0/s1. The molecule has 0 unspecified atom stereocenters. The van der Waals surface area contributed by atoms with Gasteiger partial charge in [0.2, 0.25) is 0 Å². The second-order valence-electron chi connectivity index (χ2n) is 5.97. The highest BCUT2D eigenvalue weighted by molar-refractivity contribution is 7.87. The first kappa shape index (κ1) is 16.5. The fourth-order valence-electron chi connectivity index (χ4n) is 2.88. The Bertz CT molecular complexity index is 530. The highest BCUT2D eigenvalue weighted by atomic mass is 32.2. The van der Waals surface area contributed by atoms with Gasteiger partial charge in [-0.25, -0.2) is 4.72 Å². The van der Waals surface area contributed by atoms with Crippen molar-refractivity contribution in [2.75, 3.05) is 19.6 Å². The van der Waals surface area contributed by atoms with Crippen molar-refractivity contribution in [3.63, 3.8) is 0 Å². The molecule has 118 valence electrons. The van der Waals surface area contributed by atoms with Crippen molar-refractivity contribution in [1.82, 2.24) is 9.03 Å². The number of benzene rings is 1. The topological polar surface area (TPSA) is 49.4 Å². The normalized spacial score (nSPS) is 22.1. The summed E-state index contributed by atoms with van der Waals surface area (Å²) in [5.41, 5.74) is 1.19. The Hall–Kier alpha value is -0.910. The maximum absolute atomic E-state index is 12.4. The minimum atomic E-state index is -3.35. The molecular weight excluding hydrogens is 284 g/mol. The zero-order valence-electron chi connectivity index (χ0n) is 13.0. The summed E-state index contributed by atoms with van der Waals surface area (Å²) in [4.78, 5) is 0. The van der Waals surface area contributed by atoms with Gasteiger partial charge >= 0.3 is 0 Å². The summed E-state index contributed by atoms with van der Waals surface area (Å²) in [7, 11) is -3.35. The molecule has 1 saturated heterocycles. The van der Waals surface area contributed by atoms with Crippen LogP contribution in [0.25, 0.3) is 0 Å². The smallest absolute Gasteiger partial charge is 0.202 e. The Morgan fingerprint density at radius 1 is 1.33 bits per heavy atom. The fraction of sp³-hybridized carbons (Fsp3) is 0.625. The van der Waals surface area contributed by atoms with Crippen LogP contribution in [0.5, 0.6) is 0 Å². The molecule has 1 aromatic rings. The summed E-state index contributed by atoms with van der Waals surface area (Å²) < 4.78 is 29.2. The van der Waals surface area contributed by atoms with E-state index in [-0.39, 0.29) is 5.92 Å². The van der Waals surface area contributed by atoms with Crippen molar-refractivity contribution in [2.45, 2.75) is 39.0 Å². The van der Waals surface area contributed by atoms with Crippen LogP contribution in [0.2, 0.25) is 0 Å². The van der Waals surface area contributed by atoms with Crippen LogP contribution in [0.15, 0.2) is 30.3 Å². The summed E-state index contributed by atoms with van der Waals surface area (Å²) in [6.45, 7) is 5.95. The highest BCUT2D eigenvalue weighted by Crippen LogP contribution is 2.20. The maximum Gasteiger partial charge on any atom is 0.279 e. The SMILES string of the molecule is CC[C@H](CNS(=O)(=O)N1CCC[C@H](C)C1)c1ccccc1. The first-order valence-electron chi connectivity index (χ1n) is 7.82. The zero-order chi connectivity index (χ0) is 15.3. The maximum atomic E-state index is 12.4. The molecule has 0 amide bonds. The van der Waals surface area contributed by atoms with Gasteiger partial charge in [-0.3, -0.25) is 0 Å². The summed E-state index contributed by atoms with van der Waals surface area (Å²) in [5, 5.41) is 0. The molecule has 21 heavy (non-hydrogen) atoms. The minimum Gasteiger partial charge on any atom is -0.202 e. The average Bonchev–Trinajstić information content (AvgIpc) is 2.49. The Morgan fingerprint density at radius 3 is 2.67 bits per heavy atom. The Labute approximate surface area is 128 Å². The lowest BCUT2D eigenvalue weighted by molar-refractivity contribution is 0.278. The predicted molar refractivity (Wildman–Crippen MR) is 86.4 cm³/mol. The van der Waals surface area contributed by atoms with E-state index in [0.717, 1.165) is 19.3 Å². The van der Waals surface area contributed by atoms with Crippen molar-refractivity contribution >= 4 is 10.2 Å². The Morgan fingerprint density at radius 2 is 2.05 bits per heavy atom. The number of hydrogen-bond acceptors (Lipinski definition) is 2. The van der Waals surface area contributed by atoms with Crippen molar-refractivity contribution in [2.24, 2.45) is 5.92 Å². The lowest BCUT2D eigenvalue weighted by Gasteiger charge is -2.30. The second-order valence-corrected chi connectivity index (χ2v) is 7.73. The molecule has 1 aliphatic heterocycles. The molecule has 0 aromatic heterocycles. The van der Waals surface area contributed by atoms with E-state index in [2.05, 4.69) is 30.7 Å². The predicted octanol–water partition coefficient (Wildman–Crippen LogP) is 2.75. The number of hydrogen-bond donors (Lipinski definition) is 1. The van der Waals surface area contributed by atoms with Gasteiger partial charge in [-0.05, 0) is 36.7 Å². The molecule has 1 fully saturated rings. The van der Waals surface area contributed by atoms with Gasteiger partial charge in [-0.1, -0.05) is 44.2 Å². The van der Waals surface area contributed by atoms with E-state index in [4.69, 9.17) is 0 Å². The van der Waals surface area contributed by atoms with Gasteiger partial charge in [0.1, 0.15) is 0 Å². The van der Waals surface area contributed by atoms with E-state index in [1.807, 2.05) is 18.2 Å². The summed E-state index contributed by atoms with van der Waals surface area (Å²) in [6.07, 6.45) is 2.99. The summed E-state index contributed by atoms with van der Waals surface area (Å²) in [5.74, 6) is 0.676. The van der Waals surface area contributed by atoms with Gasteiger partial charge in [0.25, 0.3) is 10.2 Å². The largest absolute Gasteiger partial charge is 0.279 e. The molecule has 0 radical (unpaired) electrons. The molecule has 2 rings (SSSR count). The molecule has 1 heterocycles. The van der Waals surface area contributed by atoms with Crippen LogP contribution in [0.4, 0.5) is 0 Å². The van der Waals surface area contributed by atoms with E-state index < -0.39 is 10.2 Å². The zero-order valence-corrected chi connectivity index (χ0v) is 13.8. The van der Waals surface area contributed by atoms with E-state index in [0.29, 0.717) is 25.6 Å². The summed E-state index contributed by atoms with van der Waals surface area (Å²) >= 11 is 0. The molecule has 0 spiro atoms. The van der Waals surface area contributed by atoms with Crippen LogP contribution in [0.3, 0.4) is 0 Å². The van der Waals surface area contributed by atoms with Crippen LogP contribution in [0, 0.1) is 5.92 Å². The Balaban J connectivity index is 1.97. The average molecular weight is 310 g/mol. The first-order chi connectivity index (χ1) is 10.0. The highest BCUT2D eigenvalue weighted by Gasteiger charge is 2.27. The lowest BCUT2D eigenvalue weighted by atomic mass is 9.97. The molecule has 1 N–H and O–H groups in total. The van der Waals surface area contributed by atoms with Gasteiger partial charge in [0.15, 0.2) is 0 Å². The van der Waals surface area contributed by atoms with E-state index >= 15 is 0 Å². The summed E-state index contributed by atoms with van der Waals surface area (Å²) in [6, 6.07) is 10.1. The van der Waals surface area contributed by atoms with Crippen LogP contribution in [0.1, 0.15) is 44.6 Å². The van der Waals surface area contributed by atoms with Gasteiger partial charge in [0.05, 0.1) is 0 Å². The van der Waals surface area contributed by atoms with Crippen LogP contribution >= 0.6 is 0 Å². The van der Waals surface area contributed by atoms with E-state index in [9.17, 15) is 8.42 Å². The third kappa shape index (κ3) is 4.53. The number of nitrogens with zero attached hydrogens (tertiary/aromatic N) is 1. The second kappa shape index (κ2) is 7.38. The van der Waals surface area contributed by atoms with Crippen LogP contribution in [-0.4, -0.2) is 32.4 Å². The third-order valence-electron chi connectivity index (χ3n) is 4.24. The van der Waals surface area contributed by atoms with Crippen molar-refractivity contribution < 1.29 is 8.42 Å². The molecule has 0 bridgehead atoms. The monoisotopic (exact) mass is 310 g/mol. The number of rotatable bonds is 6. The fourth-order valence-corrected chi connectivity index (χ4v) is 4.30. The van der Waals surface area contributed by atoms with Crippen LogP contribution < -0.4 is 4.72 Å². The van der Waals surface area contributed by atoms with Crippen molar-refractivity contribution in [3.8, 4) is 0 Å². The third-order valence-corrected chi connectivity index (χ3v) is 5.78. The van der Waals surface area contributed by atoms with E-state index in [1.165, 1.54) is 5.56 Å². The van der Waals surface area contributed by atoms with Gasteiger partial charge in [0, 0.05) is 19.6 Å². The lowest BCUT2D eigenvalue weighted by Crippen LogP contribution is -2.46. The first-order valence-corrected chi connectivity index (χ1v) is 9.26. The molecule has 5 heteroatoms. The number of piperidine rings is 1. The number of nitrogens with one attached hydrogen (secondary N) is 1. The van der Waals surface area contributed by atoms with Crippen molar-refractivity contribution in [3.05, 3.63) is 35.9 Å². The molecule has 1 aromatic carbocycles. The van der Waals surface area contributed by atoms with Crippen LogP contribution in [-0.2, 0) is 10.2 Å². The Kier molecular flexibility index (Phi) is 5.79.